The number of rotatable bonds is 7. The number of aryl methyl sites for hydroxylation is 1. The lowest BCUT2D eigenvalue weighted by Gasteiger charge is -2.10. The van der Waals surface area contributed by atoms with Crippen molar-refractivity contribution >= 4 is 5.91 Å². The number of carbonyl (C=O) groups is 1. The molecular formula is C21H24N4O4. The average molecular weight is 396 g/mol. The maximum Gasteiger partial charge on any atom is 0.287 e. The van der Waals surface area contributed by atoms with Crippen LogP contribution in [0.1, 0.15) is 22.5 Å². The number of carbonyl (C=O) groups excluding carboxylic acids is 1. The van der Waals surface area contributed by atoms with E-state index in [-0.39, 0.29) is 5.91 Å². The Hall–Kier alpha value is -3.26. The SMILES string of the molecule is Cn1cc(CNCCNC(=O)c2ccco2)c(-c2ccc3c(c2)OCCCO3)n1. The first-order valence-corrected chi connectivity index (χ1v) is 9.65. The first kappa shape index (κ1) is 19.1. The van der Waals surface area contributed by atoms with E-state index >= 15 is 0 Å². The van der Waals surface area contributed by atoms with Gasteiger partial charge < -0.3 is 24.5 Å². The van der Waals surface area contributed by atoms with E-state index in [1.165, 1.54) is 6.26 Å². The lowest BCUT2D eigenvalue weighted by atomic mass is 10.1. The molecular weight excluding hydrogens is 372 g/mol. The van der Waals surface area contributed by atoms with E-state index in [4.69, 9.17) is 13.9 Å². The maximum atomic E-state index is 11.9. The highest BCUT2D eigenvalue weighted by Gasteiger charge is 2.15. The van der Waals surface area contributed by atoms with Crippen LogP contribution >= 0.6 is 0 Å². The molecule has 3 heterocycles. The molecule has 8 nitrogen and oxygen atoms in total. The molecule has 1 amide bonds. The molecule has 4 rings (SSSR count). The summed E-state index contributed by atoms with van der Waals surface area (Å²) in [7, 11) is 1.90. The van der Waals surface area contributed by atoms with Crippen molar-refractivity contribution in [2.75, 3.05) is 26.3 Å². The first-order chi connectivity index (χ1) is 14.2. The van der Waals surface area contributed by atoms with Crippen LogP contribution in [0.25, 0.3) is 11.3 Å². The molecule has 0 atom stereocenters. The van der Waals surface area contributed by atoms with Crippen molar-refractivity contribution in [2.45, 2.75) is 13.0 Å². The molecule has 0 saturated carbocycles. The highest BCUT2D eigenvalue weighted by molar-refractivity contribution is 5.91. The van der Waals surface area contributed by atoms with Gasteiger partial charge in [-0.25, -0.2) is 0 Å². The number of hydrogen-bond acceptors (Lipinski definition) is 6. The molecule has 0 fully saturated rings. The quantitative estimate of drug-likeness (QED) is 0.596. The lowest BCUT2D eigenvalue weighted by Crippen LogP contribution is -2.31. The molecule has 0 saturated heterocycles. The Morgan fingerprint density at radius 3 is 2.86 bits per heavy atom. The van der Waals surface area contributed by atoms with E-state index in [2.05, 4.69) is 15.7 Å². The van der Waals surface area contributed by atoms with Gasteiger partial charge in [-0.2, -0.15) is 5.10 Å². The normalized spacial score (nSPS) is 13.1. The van der Waals surface area contributed by atoms with Gasteiger partial charge in [0.15, 0.2) is 17.3 Å². The summed E-state index contributed by atoms with van der Waals surface area (Å²) in [6.07, 6.45) is 4.35. The predicted molar refractivity (Wildman–Crippen MR) is 107 cm³/mol. The molecule has 1 aliphatic heterocycles. The zero-order valence-electron chi connectivity index (χ0n) is 16.3. The van der Waals surface area contributed by atoms with Crippen molar-refractivity contribution in [3.63, 3.8) is 0 Å². The molecule has 0 unspecified atom stereocenters. The number of aromatic nitrogens is 2. The summed E-state index contributed by atoms with van der Waals surface area (Å²) in [5.41, 5.74) is 2.95. The summed E-state index contributed by atoms with van der Waals surface area (Å²) in [6.45, 7) is 3.08. The van der Waals surface area contributed by atoms with Gasteiger partial charge in [0.1, 0.15) is 0 Å². The number of nitrogens with one attached hydrogen (secondary N) is 2. The van der Waals surface area contributed by atoms with E-state index in [1.54, 1.807) is 16.8 Å². The van der Waals surface area contributed by atoms with E-state index in [0.717, 1.165) is 34.7 Å². The number of furan rings is 1. The highest BCUT2D eigenvalue weighted by atomic mass is 16.5. The average Bonchev–Trinajstić information content (AvgIpc) is 3.32. The Morgan fingerprint density at radius 1 is 1.17 bits per heavy atom. The van der Waals surface area contributed by atoms with Gasteiger partial charge in [0, 0.05) is 50.4 Å². The second-order valence-corrected chi connectivity index (χ2v) is 6.80. The van der Waals surface area contributed by atoms with Crippen LogP contribution in [0.5, 0.6) is 11.5 Å². The van der Waals surface area contributed by atoms with Crippen LogP contribution in [0, 0.1) is 0 Å². The number of amides is 1. The Kier molecular flexibility index (Phi) is 5.81. The number of hydrogen-bond donors (Lipinski definition) is 2. The van der Waals surface area contributed by atoms with Crippen LogP contribution in [0.2, 0.25) is 0 Å². The minimum atomic E-state index is -0.217. The first-order valence-electron chi connectivity index (χ1n) is 9.65. The van der Waals surface area contributed by atoms with Crippen LogP contribution in [0.3, 0.4) is 0 Å². The summed E-state index contributed by atoms with van der Waals surface area (Å²) in [5, 5.41) is 10.8. The molecule has 2 N–H and O–H groups in total. The van der Waals surface area contributed by atoms with Crippen molar-refractivity contribution in [3.8, 4) is 22.8 Å². The fraction of sp³-hybridized carbons (Fsp3) is 0.333. The van der Waals surface area contributed by atoms with Gasteiger partial charge in [-0.05, 0) is 30.3 Å². The van der Waals surface area contributed by atoms with Gasteiger partial charge in [-0.15, -0.1) is 0 Å². The van der Waals surface area contributed by atoms with Crippen LogP contribution in [-0.4, -0.2) is 42.0 Å². The minimum absolute atomic E-state index is 0.217. The molecule has 1 aromatic carbocycles. The van der Waals surface area contributed by atoms with E-state index in [9.17, 15) is 4.79 Å². The van der Waals surface area contributed by atoms with Crippen molar-refractivity contribution in [1.82, 2.24) is 20.4 Å². The molecule has 0 radical (unpaired) electrons. The highest BCUT2D eigenvalue weighted by Crippen LogP contribution is 2.34. The van der Waals surface area contributed by atoms with Gasteiger partial charge >= 0.3 is 0 Å². The van der Waals surface area contributed by atoms with Crippen LogP contribution in [-0.2, 0) is 13.6 Å². The molecule has 1 aliphatic rings. The second kappa shape index (κ2) is 8.83. The molecule has 0 bridgehead atoms. The number of ether oxygens (including phenoxy) is 2. The topological polar surface area (TPSA) is 90.6 Å². The Bertz CT molecular complexity index is 965. The third kappa shape index (κ3) is 4.60. The van der Waals surface area contributed by atoms with E-state index < -0.39 is 0 Å². The van der Waals surface area contributed by atoms with Crippen molar-refractivity contribution in [2.24, 2.45) is 7.05 Å². The van der Waals surface area contributed by atoms with Gasteiger partial charge in [0.05, 0.1) is 25.2 Å². The summed E-state index contributed by atoms with van der Waals surface area (Å²) in [4.78, 5) is 11.9. The van der Waals surface area contributed by atoms with Gasteiger partial charge in [-0.3, -0.25) is 9.48 Å². The Balaban J connectivity index is 1.36. The van der Waals surface area contributed by atoms with Crippen molar-refractivity contribution in [3.05, 3.63) is 54.1 Å². The van der Waals surface area contributed by atoms with Crippen molar-refractivity contribution in [1.29, 1.82) is 0 Å². The zero-order chi connectivity index (χ0) is 20.1. The fourth-order valence-electron chi connectivity index (χ4n) is 3.20. The second-order valence-electron chi connectivity index (χ2n) is 6.80. The Morgan fingerprint density at radius 2 is 2.03 bits per heavy atom. The molecule has 152 valence electrons. The van der Waals surface area contributed by atoms with Gasteiger partial charge in [-0.1, -0.05) is 0 Å². The largest absolute Gasteiger partial charge is 0.490 e. The number of benzene rings is 1. The molecule has 2 aromatic heterocycles. The van der Waals surface area contributed by atoms with Crippen LogP contribution in [0.15, 0.2) is 47.2 Å². The predicted octanol–water partition coefficient (Wildman–Crippen LogP) is 2.36. The van der Waals surface area contributed by atoms with Crippen molar-refractivity contribution < 1.29 is 18.7 Å². The zero-order valence-corrected chi connectivity index (χ0v) is 16.3. The molecule has 3 aromatic rings. The summed E-state index contributed by atoms with van der Waals surface area (Å²) >= 11 is 0. The number of nitrogens with zero attached hydrogens (tertiary/aromatic N) is 2. The molecule has 0 aliphatic carbocycles. The van der Waals surface area contributed by atoms with Crippen LogP contribution < -0.4 is 20.1 Å². The van der Waals surface area contributed by atoms with Gasteiger partial charge in [0.2, 0.25) is 0 Å². The molecule has 0 spiro atoms. The smallest absolute Gasteiger partial charge is 0.287 e. The van der Waals surface area contributed by atoms with Crippen LogP contribution in [0.4, 0.5) is 0 Å². The summed E-state index contributed by atoms with van der Waals surface area (Å²) < 4.78 is 18.4. The van der Waals surface area contributed by atoms with Gasteiger partial charge in [0.25, 0.3) is 5.91 Å². The fourth-order valence-corrected chi connectivity index (χ4v) is 3.20. The monoisotopic (exact) mass is 396 g/mol. The van der Waals surface area contributed by atoms with E-state index in [1.807, 2.05) is 31.4 Å². The molecule has 29 heavy (non-hydrogen) atoms. The Labute approximate surface area is 168 Å². The summed E-state index contributed by atoms with van der Waals surface area (Å²) in [6, 6.07) is 9.25. The lowest BCUT2D eigenvalue weighted by molar-refractivity contribution is 0.0926. The third-order valence-electron chi connectivity index (χ3n) is 4.57. The minimum Gasteiger partial charge on any atom is -0.490 e. The number of fused-ring (bicyclic) bond motifs is 1. The third-order valence-corrected chi connectivity index (χ3v) is 4.57. The maximum absolute atomic E-state index is 11.9. The van der Waals surface area contributed by atoms with E-state index in [0.29, 0.717) is 38.6 Å². The summed E-state index contributed by atoms with van der Waals surface area (Å²) in [5.74, 6) is 1.62. The molecule has 8 heteroatoms. The standard InChI is InChI=1S/C21H24N4O4/c1-25-14-16(13-22-7-8-23-21(26)18-4-2-9-28-18)20(24-25)15-5-6-17-19(12-15)29-11-3-10-27-17/h2,4-6,9,12,14,22H,3,7-8,10-11,13H2,1H3,(H,23,26).